The number of hydrogen-bond donors (Lipinski definition) is 1. The Bertz CT molecular complexity index is 190. The third-order valence-corrected chi connectivity index (χ3v) is 1.81. The van der Waals surface area contributed by atoms with Gasteiger partial charge in [0.2, 0.25) is 0 Å². The van der Waals surface area contributed by atoms with Crippen LogP contribution in [-0.4, -0.2) is 22.7 Å². The number of aromatic nitrogens is 2. The molecule has 1 aromatic rings. The van der Waals surface area contributed by atoms with Crippen LogP contribution in [-0.2, 0) is 4.74 Å². The molecule has 0 aromatic carbocycles. The van der Waals surface area contributed by atoms with Gasteiger partial charge in [-0.2, -0.15) is 0 Å². The smallest absolute Gasteiger partial charge is 0.114 e. The van der Waals surface area contributed by atoms with Crippen molar-refractivity contribution < 1.29 is 4.74 Å². The van der Waals surface area contributed by atoms with E-state index >= 15 is 0 Å². The molecule has 0 spiro atoms. The minimum absolute atomic E-state index is 0.0845. The Morgan fingerprint density at radius 1 is 1.82 bits per heavy atom. The summed E-state index contributed by atoms with van der Waals surface area (Å²) in [5.74, 6) is 0. The summed E-state index contributed by atoms with van der Waals surface area (Å²) in [5, 5.41) is 5.72. The first-order valence-electron chi connectivity index (χ1n) is 3.47. The molecule has 1 aromatic heterocycles. The summed E-state index contributed by atoms with van der Waals surface area (Å²) in [6.07, 6.45) is -0.0845. The highest BCUT2D eigenvalue weighted by molar-refractivity contribution is 7.03. The fourth-order valence-electron chi connectivity index (χ4n) is 0.787. The van der Waals surface area contributed by atoms with Gasteiger partial charge in [-0.1, -0.05) is 4.49 Å². The lowest BCUT2D eigenvalue weighted by atomic mass is 10.3. The van der Waals surface area contributed by atoms with Crippen molar-refractivity contribution >= 4 is 11.5 Å². The fraction of sp³-hybridized carbons (Fsp3) is 0.667. The van der Waals surface area contributed by atoms with Gasteiger partial charge in [-0.3, -0.25) is 0 Å². The lowest BCUT2D eigenvalue weighted by Gasteiger charge is -2.10. The Morgan fingerprint density at radius 3 is 3.09 bits per heavy atom. The van der Waals surface area contributed by atoms with E-state index < -0.39 is 0 Å². The van der Waals surface area contributed by atoms with E-state index in [0.717, 1.165) is 5.69 Å². The van der Waals surface area contributed by atoms with Crippen LogP contribution in [0.4, 0.5) is 0 Å². The van der Waals surface area contributed by atoms with E-state index in [1.54, 1.807) is 0 Å². The predicted octanol–water partition coefficient (Wildman–Crippen LogP) is 0.574. The molecule has 0 saturated heterocycles. The van der Waals surface area contributed by atoms with Crippen LogP contribution in [0.3, 0.4) is 0 Å². The van der Waals surface area contributed by atoms with Crippen molar-refractivity contribution in [3.63, 3.8) is 0 Å². The maximum absolute atomic E-state index is 5.46. The van der Waals surface area contributed by atoms with E-state index in [0.29, 0.717) is 13.2 Å². The van der Waals surface area contributed by atoms with Gasteiger partial charge in [0.25, 0.3) is 0 Å². The lowest BCUT2D eigenvalue weighted by Crippen LogP contribution is -2.16. The molecule has 0 amide bonds. The molecule has 1 rings (SSSR count). The molecule has 0 aliphatic carbocycles. The average molecular weight is 173 g/mol. The topological polar surface area (TPSA) is 61.0 Å². The van der Waals surface area contributed by atoms with E-state index in [4.69, 9.17) is 10.5 Å². The number of ether oxygens (including phenoxy) is 1. The highest BCUT2D eigenvalue weighted by Gasteiger charge is 2.11. The zero-order valence-electron chi connectivity index (χ0n) is 6.36. The zero-order chi connectivity index (χ0) is 8.10. The van der Waals surface area contributed by atoms with Crippen LogP contribution in [0.5, 0.6) is 0 Å². The van der Waals surface area contributed by atoms with Crippen LogP contribution in [0.1, 0.15) is 18.7 Å². The van der Waals surface area contributed by atoms with Gasteiger partial charge in [0.15, 0.2) is 0 Å². The van der Waals surface area contributed by atoms with Crippen molar-refractivity contribution in [2.24, 2.45) is 5.73 Å². The second-order valence-corrected chi connectivity index (χ2v) is 2.62. The molecule has 0 aliphatic rings. The van der Waals surface area contributed by atoms with Crippen LogP contribution in [0.15, 0.2) is 5.38 Å². The van der Waals surface area contributed by atoms with Crippen LogP contribution >= 0.6 is 11.5 Å². The van der Waals surface area contributed by atoms with Crippen molar-refractivity contribution in [1.82, 2.24) is 9.59 Å². The molecule has 0 aliphatic heterocycles. The Kier molecular flexibility index (Phi) is 3.41. The fourth-order valence-corrected chi connectivity index (χ4v) is 1.28. The van der Waals surface area contributed by atoms with Crippen LogP contribution in [0.25, 0.3) is 0 Å². The maximum atomic E-state index is 5.46. The highest BCUT2D eigenvalue weighted by Crippen LogP contribution is 2.13. The molecule has 1 atom stereocenters. The third-order valence-electron chi connectivity index (χ3n) is 1.29. The molecule has 4 nitrogen and oxygen atoms in total. The summed E-state index contributed by atoms with van der Waals surface area (Å²) in [5.41, 5.74) is 6.29. The molecular weight excluding hydrogens is 162 g/mol. The van der Waals surface area contributed by atoms with E-state index in [-0.39, 0.29) is 6.10 Å². The van der Waals surface area contributed by atoms with Crippen molar-refractivity contribution in [3.8, 4) is 0 Å². The van der Waals surface area contributed by atoms with Crippen LogP contribution in [0.2, 0.25) is 0 Å². The van der Waals surface area contributed by atoms with Gasteiger partial charge in [-0.25, -0.2) is 0 Å². The summed E-state index contributed by atoms with van der Waals surface area (Å²) in [6.45, 7) is 3.04. The molecule has 5 heteroatoms. The van der Waals surface area contributed by atoms with Gasteiger partial charge in [0.05, 0.1) is 0 Å². The largest absolute Gasteiger partial charge is 0.371 e. The van der Waals surface area contributed by atoms with E-state index in [9.17, 15) is 0 Å². The van der Waals surface area contributed by atoms with Gasteiger partial charge in [-0.15, -0.1) is 5.10 Å². The minimum Gasteiger partial charge on any atom is -0.371 e. The molecule has 2 N–H and O–H groups in total. The van der Waals surface area contributed by atoms with Crippen LogP contribution in [0, 0.1) is 0 Å². The SMILES string of the molecule is CCOC(CN)c1csnn1. The van der Waals surface area contributed by atoms with Crippen molar-refractivity contribution in [2.45, 2.75) is 13.0 Å². The van der Waals surface area contributed by atoms with Gasteiger partial charge < -0.3 is 10.5 Å². The summed E-state index contributed by atoms with van der Waals surface area (Å²) >= 11 is 1.31. The molecule has 0 saturated carbocycles. The number of nitrogens with two attached hydrogens (primary N) is 1. The Labute approximate surface area is 69.5 Å². The first-order chi connectivity index (χ1) is 5.38. The molecular formula is C6H11N3OS. The molecule has 62 valence electrons. The van der Waals surface area contributed by atoms with E-state index in [1.165, 1.54) is 11.5 Å². The summed E-state index contributed by atoms with van der Waals surface area (Å²) in [4.78, 5) is 0. The zero-order valence-corrected chi connectivity index (χ0v) is 7.17. The molecule has 0 radical (unpaired) electrons. The standard InChI is InChI=1S/C6H11N3OS/c1-2-10-6(3-7)5-4-11-9-8-5/h4,6H,2-3,7H2,1H3. The number of nitrogens with zero attached hydrogens (tertiary/aromatic N) is 2. The summed E-state index contributed by atoms with van der Waals surface area (Å²) in [6, 6.07) is 0. The van der Waals surface area contributed by atoms with Crippen molar-refractivity contribution in [1.29, 1.82) is 0 Å². The summed E-state index contributed by atoms with van der Waals surface area (Å²) < 4.78 is 9.04. The van der Waals surface area contributed by atoms with Gasteiger partial charge >= 0.3 is 0 Å². The predicted molar refractivity (Wildman–Crippen MR) is 43.3 cm³/mol. The Morgan fingerprint density at radius 2 is 2.64 bits per heavy atom. The van der Waals surface area contributed by atoms with Crippen molar-refractivity contribution in [3.05, 3.63) is 11.1 Å². The molecule has 1 unspecified atom stereocenters. The van der Waals surface area contributed by atoms with Gasteiger partial charge in [0.1, 0.15) is 11.8 Å². The van der Waals surface area contributed by atoms with Crippen LogP contribution < -0.4 is 5.73 Å². The Balaban J connectivity index is 2.56. The molecule has 0 bridgehead atoms. The molecule has 0 fully saturated rings. The second-order valence-electron chi connectivity index (χ2n) is 2.01. The second kappa shape index (κ2) is 4.38. The average Bonchev–Trinajstić information content (AvgIpc) is 2.52. The van der Waals surface area contributed by atoms with Gasteiger partial charge in [-0.05, 0) is 18.5 Å². The molecule has 1 heterocycles. The normalized spacial score (nSPS) is 13.3. The molecule has 11 heavy (non-hydrogen) atoms. The lowest BCUT2D eigenvalue weighted by molar-refractivity contribution is 0.0658. The first kappa shape index (κ1) is 8.58. The number of hydrogen-bond acceptors (Lipinski definition) is 5. The first-order valence-corrected chi connectivity index (χ1v) is 4.30. The highest BCUT2D eigenvalue weighted by atomic mass is 32.1. The van der Waals surface area contributed by atoms with Crippen molar-refractivity contribution in [2.75, 3.05) is 13.2 Å². The Hall–Kier alpha value is -0.520. The van der Waals surface area contributed by atoms with Gasteiger partial charge in [0, 0.05) is 18.5 Å². The summed E-state index contributed by atoms with van der Waals surface area (Å²) in [7, 11) is 0. The van der Waals surface area contributed by atoms with E-state index in [2.05, 4.69) is 9.59 Å². The third kappa shape index (κ3) is 2.21. The monoisotopic (exact) mass is 173 g/mol. The quantitative estimate of drug-likeness (QED) is 0.723. The van der Waals surface area contributed by atoms with E-state index in [1.807, 2.05) is 12.3 Å². The minimum atomic E-state index is -0.0845. The number of rotatable bonds is 4. The maximum Gasteiger partial charge on any atom is 0.114 e.